The molecule has 0 amide bonds. The van der Waals surface area contributed by atoms with Gasteiger partial charge in [-0.05, 0) is 49.3 Å². The van der Waals surface area contributed by atoms with E-state index in [-0.39, 0.29) is 40.9 Å². The summed E-state index contributed by atoms with van der Waals surface area (Å²) in [5.41, 5.74) is 2.66. The zero-order valence-corrected chi connectivity index (χ0v) is 30.3. The summed E-state index contributed by atoms with van der Waals surface area (Å²) in [4.78, 5) is 39.9. The Bertz CT molecular complexity index is 1860. The Hall–Kier alpha value is -5.02. The van der Waals surface area contributed by atoms with E-state index in [9.17, 15) is 19.7 Å². The molecule has 0 unspecified atom stereocenters. The molecule has 0 aliphatic heterocycles. The van der Waals surface area contributed by atoms with E-state index in [1.54, 1.807) is 22.9 Å². The van der Waals surface area contributed by atoms with Crippen molar-refractivity contribution < 1.29 is 28.4 Å². The standard InChI is InChI=1S/C34H45N7O7Si/c1-23-18-30(39(5)38-23)37-33-36-26-21-25(32(43)46-6)12-13-27(26)40(33)15-10-9-14-35-31-28(41(44)45)19-24(22-42)20-29(31)47-16-11-17-48-49(7,8)34(2,3)4/h9-10,12-13,18-22,35H,11,14-17H2,1-8H3,(H,36,37)/b10-9+. The van der Waals surface area contributed by atoms with Crippen LogP contribution >= 0.6 is 0 Å². The lowest BCUT2D eigenvalue weighted by Crippen LogP contribution is -2.41. The van der Waals surface area contributed by atoms with E-state index < -0.39 is 19.2 Å². The average molecular weight is 692 g/mol. The Morgan fingerprint density at radius 1 is 1.12 bits per heavy atom. The van der Waals surface area contributed by atoms with Gasteiger partial charge >= 0.3 is 5.97 Å². The van der Waals surface area contributed by atoms with Crippen LogP contribution in [0.15, 0.2) is 48.6 Å². The van der Waals surface area contributed by atoms with Crippen molar-refractivity contribution >= 4 is 54.7 Å². The highest BCUT2D eigenvalue weighted by molar-refractivity contribution is 6.74. The molecule has 0 bridgehead atoms. The Balaban J connectivity index is 1.51. The first-order valence-corrected chi connectivity index (χ1v) is 18.9. The quantitative estimate of drug-likeness (QED) is 0.0242. The first-order chi connectivity index (χ1) is 23.1. The number of esters is 1. The van der Waals surface area contributed by atoms with Crippen LogP contribution in [0.25, 0.3) is 11.0 Å². The number of rotatable bonds is 16. The second-order valence-electron chi connectivity index (χ2n) is 13.1. The molecule has 0 aliphatic carbocycles. The Morgan fingerprint density at radius 3 is 2.51 bits per heavy atom. The second-order valence-corrected chi connectivity index (χ2v) is 17.9. The van der Waals surface area contributed by atoms with Crippen LogP contribution in [0.2, 0.25) is 18.1 Å². The second kappa shape index (κ2) is 15.5. The number of aryl methyl sites for hydroxylation is 2. The molecule has 0 fully saturated rings. The minimum atomic E-state index is -1.92. The maximum atomic E-state index is 12.2. The number of nitro groups is 1. The number of benzene rings is 2. The molecule has 262 valence electrons. The Morgan fingerprint density at radius 2 is 1.88 bits per heavy atom. The minimum Gasteiger partial charge on any atom is -0.491 e. The zero-order valence-electron chi connectivity index (χ0n) is 29.3. The highest BCUT2D eigenvalue weighted by atomic mass is 28.4. The number of anilines is 3. The monoisotopic (exact) mass is 691 g/mol. The summed E-state index contributed by atoms with van der Waals surface area (Å²) >= 11 is 0. The fraction of sp³-hybridized carbons (Fsp3) is 0.412. The van der Waals surface area contributed by atoms with Crippen molar-refractivity contribution in [1.82, 2.24) is 19.3 Å². The van der Waals surface area contributed by atoms with Gasteiger partial charge < -0.3 is 29.1 Å². The van der Waals surface area contributed by atoms with Gasteiger partial charge in [0.2, 0.25) is 5.95 Å². The topological polar surface area (TPSA) is 165 Å². The fourth-order valence-corrected chi connectivity index (χ4v) is 5.92. The third-order valence-electron chi connectivity index (χ3n) is 8.51. The van der Waals surface area contributed by atoms with Crippen LogP contribution in [0, 0.1) is 17.0 Å². The fourth-order valence-electron chi connectivity index (χ4n) is 4.83. The lowest BCUT2D eigenvalue weighted by atomic mass is 10.1. The minimum absolute atomic E-state index is 0.0762. The molecule has 0 aliphatic rings. The predicted octanol–water partition coefficient (Wildman–Crippen LogP) is 6.79. The lowest BCUT2D eigenvalue weighted by Gasteiger charge is -2.36. The van der Waals surface area contributed by atoms with Gasteiger partial charge in [-0.3, -0.25) is 19.6 Å². The summed E-state index contributed by atoms with van der Waals surface area (Å²) in [6, 6.07) is 9.78. The van der Waals surface area contributed by atoms with Crippen molar-refractivity contribution in [1.29, 1.82) is 0 Å². The third-order valence-corrected chi connectivity index (χ3v) is 13.1. The molecule has 14 nitrogen and oxygen atoms in total. The smallest absolute Gasteiger partial charge is 0.337 e. The largest absolute Gasteiger partial charge is 0.491 e. The molecule has 4 aromatic rings. The number of carbonyl (C=O) groups excluding carboxylic acids is 2. The predicted molar refractivity (Wildman–Crippen MR) is 192 cm³/mol. The number of imidazole rings is 1. The molecule has 15 heteroatoms. The number of aromatic nitrogens is 4. The Labute approximate surface area is 286 Å². The van der Waals surface area contributed by atoms with Crippen molar-refractivity contribution in [3.05, 3.63) is 75.5 Å². The van der Waals surface area contributed by atoms with Gasteiger partial charge in [-0.1, -0.05) is 32.9 Å². The average Bonchev–Trinajstić information content (AvgIpc) is 3.55. The van der Waals surface area contributed by atoms with Gasteiger partial charge in [0, 0.05) is 50.9 Å². The van der Waals surface area contributed by atoms with Gasteiger partial charge in [0.1, 0.15) is 17.9 Å². The lowest BCUT2D eigenvalue weighted by molar-refractivity contribution is -0.384. The van der Waals surface area contributed by atoms with Crippen LogP contribution in [0.5, 0.6) is 5.75 Å². The number of fused-ring (bicyclic) bond motifs is 1. The molecule has 2 aromatic heterocycles. The van der Waals surface area contributed by atoms with Crippen molar-refractivity contribution in [2.75, 3.05) is 37.5 Å². The third kappa shape index (κ3) is 8.91. The van der Waals surface area contributed by atoms with Crippen LogP contribution in [-0.4, -0.2) is 71.7 Å². The molecule has 49 heavy (non-hydrogen) atoms. The van der Waals surface area contributed by atoms with Gasteiger partial charge in [0.05, 0.1) is 40.9 Å². The molecule has 0 atom stereocenters. The highest BCUT2D eigenvalue weighted by Crippen LogP contribution is 2.37. The van der Waals surface area contributed by atoms with Gasteiger partial charge in [0.25, 0.3) is 5.69 Å². The summed E-state index contributed by atoms with van der Waals surface area (Å²) in [5.74, 6) is 1.03. The summed E-state index contributed by atoms with van der Waals surface area (Å²) in [6.07, 6.45) is 4.87. The zero-order chi connectivity index (χ0) is 35.9. The van der Waals surface area contributed by atoms with Crippen LogP contribution in [0.4, 0.5) is 23.1 Å². The summed E-state index contributed by atoms with van der Waals surface area (Å²) in [7, 11) is 1.23. The van der Waals surface area contributed by atoms with E-state index in [2.05, 4.69) is 49.6 Å². The normalized spacial score (nSPS) is 12.0. The van der Waals surface area contributed by atoms with E-state index >= 15 is 0 Å². The van der Waals surface area contributed by atoms with Gasteiger partial charge in [-0.25, -0.2) is 9.78 Å². The number of nitrogens with zero attached hydrogens (tertiary/aromatic N) is 5. The van der Waals surface area contributed by atoms with E-state index in [1.165, 1.54) is 19.2 Å². The van der Waals surface area contributed by atoms with E-state index in [4.69, 9.17) is 18.9 Å². The van der Waals surface area contributed by atoms with E-state index in [0.717, 1.165) is 17.0 Å². The van der Waals surface area contributed by atoms with Crippen LogP contribution < -0.4 is 15.4 Å². The van der Waals surface area contributed by atoms with Crippen molar-refractivity contribution in [2.45, 2.75) is 58.8 Å². The number of allylic oxidation sites excluding steroid dienone is 1. The van der Waals surface area contributed by atoms with Crippen molar-refractivity contribution in [3.8, 4) is 5.75 Å². The van der Waals surface area contributed by atoms with Crippen LogP contribution in [0.1, 0.15) is 53.6 Å². The molecule has 0 saturated carbocycles. The summed E-state index contributed by atoms with van der Waals surface area (Å²) in [5, 5.41) is 22.9. The molecule has 2 aromatic carbocycles. The van der Waals surface area contributed by atoms with Crippen molar-refractivity contribution in [3.63, 3.8) is 0 Å². The molecule has 0 spiro atoms. The number of ether oxygens (including phenoxy) is 2. The van der Waals surface area contributed by atoms with E-state index in [1.807, 2.05) is 36.8 Å². The first-order valence-electron chi connectivity index (χ1n) is 15.9. The molecule has 2 heterocycles. The maximum Gasteiger partial charge on any atom is 0.337 e. The summed E-state index contributed by atoms with van der Waals surface area (Å²) in [6.45, 7) is 14.1. The highest BCUT2D eigenvalue weighted by Gasteiger charge is 2.36. The van der Waals surface area contributed by atoms with Crippen LogP contribution in [-0.2, 0) is 22.8 Å². The summed E-state index contributed by atoms with van der Waals surface area (Å²) < 4.78 is 20.7. The van der Waals surface area contributed by atoms with Gasteiger partial charge in [-0.15, -0.1) is 0 Å². The molecule has 2 N–H and O–H groups in total. The maximum absolute atomic E-state index is 12.2. The number of nitrogens with one attached hydrogen (secondary N) is 2. The van der Waals surface area contributed by atoms with E-state index in [0.29, 0.717) is 42.9 Å². The van der Waals surface area contributed by atoms with Crippen LogP contribution in [0.3, 0.4) is 0 Å². The SMILES string of the molecule is COC(=O)c1ccc2c(c1)nc(Nc1cc(C)nn1C)n2C/C=C/CNc1c(OCCCO[Si](C)(C)C(C)(C)C)cc(C=O)cc1[N+](=O)[O-]. The number of hydrogen-bond donors (Lipinski definition) is 2. The number of carbonyl (C=O) groups is 2. The number of methoxy groups -OCH3 is 1. The van der Waals surface area contributed by atoms with Gasteiger partial charge in [0.15, 0.2) is 14.0 Å². The van der Waals surface area contributed by atoms with Gasteiger partial charge in [-0.2, -0.15) is 5.10 Å². The number of aldehydes is 1. The number of nitro benzene ring substituents is 1. The first kappa shape index (κ1) is 36.8. The molecule has 0 saturated heterocycles. The number of hydrogen-bond acceptors (Lipinski definition) is 11. The van der Waals surface area contributed by atoms with Crippen molar-refractivity contribution in [2.24, 2.45) is 7.05 Å². The molecular formula is C34H45N7O7Si. The molecular weight excluding hydrogens is 647 g/mol. The molecule has 4 rings (SSSR count). The molecule has 0 radical (unpaired) electrons. The Kier molecular flexibility index (Phi) is 11.6.